The molecule has 1 aromatic heterocycles. The molecule has 0 aliphatic carbocycles. The molecular weight excluding hydrogens is 455 g/mol. The van der Waals surface area contributed by atoms with Crippen molar-refractivity contribution >= 4 is 27.8 Å². The molecule has 30 heavy (non-hydrogen) atoms. The van der Waals surface area contributed by atoms with E-state index in [1.165, 1.54) is 24.3 Å². The second kappa shape index (κ2) is 9.98. The van der Waals surface area contributed by atoms with Crippen molar-refractivity contribution in [2.45, 2.75) is 6.42 Å². The van der Waals surface area contributed by atoms with Crippen LogP contribution in [-0.4, -0.2) is 35.1 Å². The zero-order chi connectivity index (χ0) is 21.5. The summed E-state index contributed by atoms with van der Waals surface area (Å²) in [7, 11) is 0. The standard InChI is InChI=1S/C22H18BrFN2O4/c23-18-12-14(22(29)26-10-8-15-5-3-4-9-25-15)11-17(21(18)30-13-20(27)28)16-6-1-2-7-19(16)24/h1-7,9,11-12H,8,10,13H2,(H,26,29)(H,27,28). The number of amides is 1. The van der Waals surface area contributed by atoms with Gasteiger partial charge >= 0.3 is 5.97 Å². The lowest BCUT2D eigenvalue weighted by atomic mass is 10.0. The summed E-state index contributed by atoms with van der Waals surface area (Å²) in [6, 6.07) is 14.6. The van der Waals surface area contributed by atoms with Crippen molar-refractivity contribution in [2.24, 2.45) is 0 Å². The number of carbonyl (C=O) groups is 2. The van der Waals surface area contributed by atoms with Crippen LogP contribution in [0.3, 0.4) is 0 Å². The molecule has 3 rings (SSSR count). The van der Waals surface area contributed by atoms with Crippen LogP contribution in [0, 0.1) is 5.82 Å². The molecule has 6 nitrogen and oxygen atoms in total. The van der Waals surface area contributed by atoms with E-state index in [1.807, 2.05) is 18.2 Å². The summed E-state index contributed by atoms with van der Waals surface area (Å²) in [5.74, 6) is -1.89. The van der Waals surface area contributed by atoms with Crippen molar-refractivity contribution in [3.8, 4) is 16.9 Å². The van der Waals surface area contributed by atoms with Gasteiger partial charge in [-0.1, -0.05) is 24.3 Å². The van der Waals surface area contributed by atoms with E-state index >= 15 is 0 Å². The van der Waals surface area contributed by atoms with Crippen molar-refractivity contribution in [1.82, 2.24) is 10.3 Å². The molecule has 0 saturated carbocycles. The molecule has 1 amide bonds. The predicted octanol–water partition coefficient (Wildman–Crippen LogP) is 4.09. The van der Waals surface area contributed by atoms with Gasteiger partial charge in [0.1, 0.15) is 11.6 Å². The molecule has 8 heteroatoms. The number of carboxylic acids is 1. The molecule has 0 atom stereocenters. The molecule has 154 valence electrons. The third-order valence-corrected chi connectivity index (χ3v) is 4.79. The Morgan fingerprint density at radius 1 is 1.10 bits per heavy atom. The molecule has 0 aliphatic heterocycles. The number of hydrogen-bond donors (Lipinski definition) is 2. The molecule has 2 N–H and O–H groups in total. The number of hydrogen-bond acceptors (Lipinski definition) is 4. The van der Waals surface area contributed by atoms with Crippen LogP contribution >= 0.6 is 15.9 Å². The topological polar surface area (TPSA) is 88.5 Å². The number of pyridine rings is 1. The van der Waals surface area contributed by atoms with Crippen molar-refractivity contribution in [3.05, 3.63) is 82.3 Å². The lowest BCUT2D eigenvalue weighted by molar-refractivity contribution is -0.139. The molecule has 0 aliphatic rings. The summed E-state index contributed by atoms with van der Waals surface area (Å²) in [5.41, 5.74) is 1.60. The Balaban J connectivity index is 1.87. The first-order valence-electron chi connectivity index (χ1n) is 9.07. The van der Waals surface area contributed by atoms with Gasteiger partial charge in [-0.05, 0) is 46.3 Å². The first-order valence-corrected chi connectivity index (χ1v) is 9.86. The quantitative estimate of drug-likeness (QED) is 0.515. The van der Waals surface area contributed by atoms with Crippen LogP contribution in [0.5, 0.6) is 5.75 Å². The lowest BCUT2D eigenvalue weighted by Crippen LogP contribution is -2.26. The van der Waals surface area contributed by atoms with E-state index in [2.05, 4.69) is 26.2 Å². The van der Waals surface area contributed by atoms with E-state index in [4.69, 9.17) is 9.84 Å². The summed E-state index contributed by atoms with van der Waals surface area (Å²) in [6.07, 6.45) is 2.25. The third kappa shape index (κ3) is 5.42. The molecule has 0 spiro atoms. The Labute approximate surface area is 180 Å². The maximum Gasteiger partial charge on any atom is 0.341 e. The minimum atomic E-state index is -1.17. The number of nitrogens with one attached hydrogen (secondary N) is 1. The van der Waals surface area contributed by atoms with Gasteiger partial charge in [0.15, 0.2) is 6.61 Å². The van der Waals surface area contributed by atoms with Crippen LogP contribution in [0.25, 0.3) is 11.1 Å². The summed E-state index contributed by atoms with van der Waals surface area (Å²) >= 11 is 3.31. The van der Waals surface area contributed by atoms with Gasteiger partial charge in [0.25, 0.3) is 5.91 Å². The van der Waals surface area contributed by atoms with Gasteiger partial charge in [-0.15, -0.1) is 0 Å². The first-order chi connectivity index (χ1) is 14.5. The molecule has 2 aromatic carbocycles. The van der Waals surface area contributed by atoms with Gasteiger partial charge in [0.05, 0.1) is 4.47 Å². The fourth-order valence-electron chi connectivity index (χ4n) is 2.84. The minimum Gasteiger partial charge on any atom is -0.480 e. The average Bonchev–Trinajstić information content (AvgIpc) is 2.73. The van der Waals surface area contributed by atoms with Crippen LogP contribution in [0.2, 0.25) is 0 Å². The maximum absolute atomic E-state index is 14.4. The van der Waals surface area contributed by atoms with Crippen molar-refractivity contribution in [2.75, 3.05) is 13.2 Å². The van der Waals surface area contributed by atoms with E-state index in [1.54, 1.807) is 18.3 Å². The molecule has 0 radical (unpaired) electrons. The average molecular weight is 473 g/mol. The van der Waals surface area contributed by atoms with Crippen LogP contribution in [-0.2, 0) is 11.2 Å². The number of ether oxygens (including phenoxy) is 1. The van der Waals surface area contributed by atoms with E-state index in [-0.39, 0.29) is 28.3 Å². The van der Waals surface area contributed by atoms with Gasteiger partial charge in [-0.3, -0.25) is 9.78 Å². The summed E-state index contributed by atoms with van der Waals surface area (Å²) in [5, 5.41) is 11.7. The maximum atomic E-state index is 14.4. The van der Waals surface area contributed by atoms with E-state index in [0.29, 0.717) is 17.4 Å². The van der Waals surface area contributed by atoms with Crippen molar-refractivity contribution in [1.29, 1.82) is 0 Å². The Kier molecular flexibility index (Phi) is 7.13. The van der Waals surface area contributed by atoms with Gasteiger partial charge in [0.2, 0.25) is 0 Å². The van der Waals surface area contributed by atoms with Crippen molar-refractivity contribution in [3.63, 3.8) is 0 Å². The van der Waals surface area contributed by atoms with Gasteiger partial charge in [0, 0.05) is 41.5 Å². The van der Waals surface area contributed by atoms with Gasteiger partial charge in [-0.2, -0.15) is 0 Å². The Morgan fingerprint density at radius 3 is 2.57 bits per heavy atom. The van der Waals surface area contributed by atoms with E-state index < -0.39 is 18.4 Å². The van der Waals surface area contributed by atoms with Crippen LogP contribution in [0.15, 0.2) is 65.3 Å². The van der Waals surface area contributed by atoms with Crippen LogP contribution in [0.1, 0.15) is 16.1 Å². The van der Waals surface area contributed by atoms with Gasteiger partial charge < -0.3 is 15.2 Å². The molecule has 0 bridgehead atoms. The van der Waals surface area contributed by atoms with E-state index in [0.717, 1.165) is 5.69 Å². The highest BCUT2D eigenvalue weighted by molar-refractivity contribution is 9.10. The Hall–Kier alpha value is -3.26. The molecule has 0 unspecified atom stereocenters. The van der Waals surface area contributed by atoms with Gasteiger partial charge in [-0.25, -0.2) is 9.18 Å². The zero-order valence-electron chi connectivity index (χ0n) is 15.8. The second-order valence-corrected chi connectivity index (χ2v) is 7.18. The molecular formula is C22H18BrFN2O4. The third-order valence-electron chi connectivity index (χ3n) is 4.20. The van der Waals surface area contributed by atoms with Crippen LogP contribution < -0.4 is 10.1 Å². The minimum absolute atomic E-state index is 0.146. The monoisotopic (exact) mass is 472 g/mol. The Morgan fingerprint density at radius 2 is 1.87 bits per heavy atom. The molecule has 0 saturated heterocycles. The predicted molar refractivity (Wildman–Crippen MR) is 113 cm³/mol. The molecule has 0 fully saturated rings. The number of aromatic nitrogens is 1. The van der Waals surface area contributed by atoms with Crippen LogP contribution in [0.4, 0.5) is 4.39 Å². The number of carboxylic acid groups (broad SMARTS) is 1. The van der Waals surface area contributed by atoms with E-state index in [9.17, 15) is 14.0 Å². The summed E-state index contributed by atoms with van der Waals surface area (Å²) in [6.45, 7) is -0.227. The number of aliphatic carboxylic acids is 1. The fourth-order valence-corrected chi connectivity index (χ4v) is 3.41. The first kappa shape index (κ1) is 21.4. The fraction of sp³-hybridized carbons (Fsp3) is 0.136. The zero-order valence-corrected chi connectivity index (χ0v) is 17.4. The molecule has 1 heterocycles. The highest BCUT2D eigenvalue weighted by Gasteiger charge is 2.19. The lowest BCUT2D eigenvalue weighted by Gasteiger charge is -2.15. The highest BCUT2D eigenvalue weighted by atomic mass is 79.9. The number of rotatable bonds is 8. The SMILES string of the molecule is O=C(O)COc1c(Br)cc(C(=O)NCCc2ccccn2)cc1-c1ccccc1F. The Bertz CT molecular complexity index is 1060. The highest BCUT2D eigenvalue weighted by Crippen LogP contribution is 2.39. The number of carbonyl (C=O) groups excluding carboxylic acids is 1. The number of nitrogens with zero attached hydrogens (tertiary/aromatic N) is 1. The number of halogens is 2. The smallest absolute Gasteiger partial charge is 0.341 e. The summed E-state index contributed by atoms with van der Waals surface area (Å²) < 4.78 is 20.1. The summed E-state index contributed by atoms with van der Waals surface area (Å²) in [4.78, 5) is 27.8. The normalized spacial score (nSPS) is 10.5. The number of benzene rings is 2. The molecule has 3 aromatic rings. The largest absolute Gasteiger partial charge is 0.480 e. The second-order valence-electron chi connectivity index (χ2n) is 6.32. The van der Waals surface area contributed by atoms with Crippen molar-refractivity contribution < 1.29 is 23.8 Å².